The van der Waals surface area contributed by atoms with Gasteiger partial charge in [-0.25, -0.2) is 15.0 Å². The predicted molar refractivity (Wildman–Crippen MR) is 118 cm³/mol. The third kappa shape index (κ3) is 5.89. The van der Waals surface area contributed by atoms with Crippen molar-refractivity contribution in [1.29, 1.82) is 0 Å². The molecule has 2 saturated heterocycles. The highest BCUT2D eigenvalue weighted by molar-refractivity contribution is 6.33. The van der Waals surface area contributed by atoms with E-state index < -0.39 is 5.95 Å². The van der Waals surface area contributed by atoms with Gasteiger partial charge in [0.2, 0.25) is 5.91 Å². The average molecular weight is 465 g/mol. The third-order valence-electron chi connectivity index (χ3n) is 5.51. The number of carbonyl (C=O) groups is 1. The number of pyridine rings is 1. The molecule has 1 amide bonds. The molecule has 0 unspecified atom stereocenters. The van der Waals surface area contributed by atoms with Gasteiger partial charge in [-0.3, -0.25) is 4.79 Å². The first-order valence-corrected chi connectivity index (χ1v) is 11.1. The molecule has 2 fully saturated rings. The van der Waals surface area contributed by atoms with E-state index in [-0.39, 0.29) is 17.6 Å². The number of nitrogens with one attached hydrogen (secondary N) is 3. The van der Waals surface area contributed by atoms with E-state index in [2.05, 4.69) is 30.9 Å². The second kappa shape index (κ2) is 11.0. The van der Waals surface area contributed by atoms with E-state index in [1.54, 1.807) is 6.07 Å². The molecule has 172 valence electrons. The molecule has 32 heavy (non-hydrogen) atoms. The van der Waals surface area contributed by atoms with E-state index in [0.717, 1.165) is 12.8 Å². The molecule has 0 spiro atoms. The molecule has 0 aliphatic carbocycles. The minimum Gasteiger partial charge on any atom is -0.381 e. The number of hydrogen-bond acceptors (Lipinski definition) is 8. The van der Waals surface area contributed by atoms with Crippen LogP contribution in [-0.2, 0) is 14.3 Å². The fourth-order valence-electron chi connectivity index (χ4n) is 3.61. The van der Waals surface area contributed by atoms with E-state index in [1.807, 2.05) is 0 Å². The second-order valence-corrected chi connectivity index (χ2v) is 8.25. The number of halogens is 2. The number of ether oxygens (including phenoxy) is 2. The lowest BCUT2D eigenvalue weighted by atomic mass is 10.0. The van der Waals surface area contributed by atoms with Crippen molar-refractivity contribution in [2.75, 3.05) is 56.7 Å². The van der Waals surface area contributed by atoms with Crippen LogP contribution in [0.15, 0.2) is 18.5 Å². The van der Waals surface area contributed by atoms with Gasteiger partial charge in [0.05, 0.1) is 36.0 Å². The highest BCUT2D eigenvalue weighted by Crippen LogP contribution is 2.29. The highest BCUT2D eigenvalue weighted by atomic mass is 35.5. The molecule has 0 aromatic carbocycles. The lowest BCUT2D eigenvalue weighted by Crippen LogP contribution is -2.33. The van der Waals surface area contributed by atoms with Crippen LogP contribution in [-0.4, -0.2) is 66.9 Å². The normalized spacial score (nSPS) is 19.9. The van der Waals surface area contributed by atoms with Crippen molar-refractivity contribution in [2.24, 2.45) is 11.8 Å². The molecular weight excluding hydrogens is 439 g/mol. The molecule has 2 aromatic heterocycles. The minimum absolute atomic E-state index is 0.0640. The van der Waals surface area contributed by atoms with Crippen molar-refractivity contribution in [3.63, 3.8) is 0 Å². The molecule has 4 heterocycles. The van der Waals surface area contributed by atoms with E-state index >= 15 is 0 Å². The van der Waals surface area contributed by atoms with Crippen LogP contribution in [0.25, 0.3) is 11.3 Å². The van der Waals surface area contributed by atoms with Gasteiger partial charge in [-0.1, -0.05) is 11.6 Å². The summed E-state index contributed by atoms with van der Waals surface area (Å²) in [5, 5.41) is 9.33. The monoisotopic (exact) mass is 464 g/mol. The van der Waals surface area contributed by atoms with Crippen LogP contribution >= 0.6 is 11.6 Å². The fourth-order valence-corrected chi connectivity index (χ4v) is 3.81. The smallest absolute Gasteiger partial charge is 0.255 e. The quantitative estimate of drug-likeness (QED) is 0.597. The van der Waals surface area contributed by atoms with E-state index in [4.69, 9.17) is 21.1 Å². The summed E-state index contributed by atoms with van der Waals surface area (Å²) < 4.78 is 25.0. The molecule has 1 atom stereocenters. The summed E-state index contributed by atoms with van der Waals surface area (Å²) in [5.74, 6) is -0.437. The SMILES string of the molecule is O=C(Nc1cc(-c2cnc(F)c(NCC3CCOCC3)n2)c(Cl)cn1)[C@H]1CNCCOC1. The first-order valence-electron chi connectivity index (χ1n) is 10.7. The van der Waals surface area contributed by atoms with Gasteiger partial charge < -0.3 is 25.4 Å². The van der Waals surface area contributed by atoms with Crippen molar-refractivity contribution >= 4 is 29.1 Å². The van der Waals surface area contributed by atoms with Crippen LogP contribution in [0.3, 0.4) is 0 Å². The molecule has 0 saturated carbocycles. The lowest BCUT2D eigenvalue weighted by molar-refractivity contribution is -0.121. The Labute approximate surface area is 190 Å². The molecule has 2 aliphatic heterocycles. The van der Waals surface area contributed by atoms with Crippen molar-refractivity contribution in [3.8, 4) is 11.3 Å². The minimum atomic E-state index is -0.680. The van der Waals surface area contributed by atoms with Gasteiger partial charge in [-0.2, -0.15) is 4.39 Å². The van der Waals surface area contributed by atoms with Crippen LogP contribution in [0.2, 0.25) is 5.02 Å². The summed E-state index contributed by atoms with van der Waals surface area (Å²) in [7, 11) is 0. The van der Waals surface area contributed by atoms with Gasteiger partial charge in [-0.05, 0) is 24.8 Å². The second-order valence-electron chi connectivity index (χ2n) is 7.85. The standard InChI is InChI=1S/C21H26ClFN6O3/c22-16-10-25-18(29-21(30)14-9-24-3-6-32-12-14)7-15(16)17-11-26-19(23)20(28-17)27-8-13-1-4-31-5-2-13/h7,10-11,13-14,24H,1-6,8-9,12H2,(H,27,28)(H,25,29,30)/t14-/m0/s1. The zero-order valence-corrected chi connectivity index (χ0v) is 18.3. The number of anilines is 2. The van der Waals surface area contributed by atoms with Crippen molar-refractivity contribution < 1.29 is 18.7 Å². The largest absolute Gasteiger partial charge is 0.381 e. The van der Waals surface area contributed by atoms with Crippen molar-refractivity contribution in [2.45, 2.75) is 12.8 Å². The summed E-state index contributed by atoms with van der Waals surface area (Å²) >= 11 is 6.33. The number of nitrogens with zero attached hydrogens (tertiary/aromatic N) is 3. The van der Waals surface area contributed by atoms with Gasteiger partial charge >= 0.3 is 0 Å². The Bertz CT molecular complexity index is 936. The van der Waals surface area contributed by atoms with Crippen LogP contribution in [0.1, 0.15) is 12.8 Å². The van der Waals surface area contributed by atoms with E-state index in [9.17, 15) is 9.18 Å². The number of amides is 1. The summed E-state index contributed by atoms with van der Waals surface area (Å²) in [5.41, 5.74) is 0.872. The zero-order chi connectivity index (χ0) is 22.3. The first kappa shape index (κ1) is 22.8. The molecule has 4 rings (SSSR count). The maximum atomic E-state index is 14.2. The molecule has 3 N–H and O–H groups in total. The summed E-state index contributed by atoms with van der Waals surface area (Å²) in [6.45, 7) is 4.15. The molecule has 9 nitrogen and oxygen atoms in total. The van der Waals surface area contributed by atoms with Gasteiger partial charge in [-0.15, -0.1) is 0 Å². The van der Waals surface area contributed by atoms with Gasteiger partial charge in [0, 0.05) is 44.6 Å². The van der Waals surface area contributed by atoms with Crippen LogP contribution in [0, 0.1) is 17.8 Å². The predicted octanol–water partition coefficient (Wildman–Crippen LogP) is 2.34. The number of aromatic nitrogens is 3. The summed E-state index contributed by atoms with van der Waals surface area (Å²) in [4.78, 5) is 25.0. The Balaban J connectivity index is 1.48. The molecule has 0 radical (unpaired) electrons. The zero-order valence-electron chi connectivity index (χ0n) is 17.6. The Kier molecular flexibility index (Phi) is 7.80. The lowest BCUT2D eigenvalue weighted by Gasteiger charge is -2.22. The highest BCUT2D eigenvalue weighted by Gasteiger charge is 2.22. The van der Waals surface area contributed by atoms with Crippen LogP contribution < -0.4 is 16.0 Å². The molecular formula is C21H26ClFN6O3. The Morgan fingerprint density at radius 3 is 2.91 bits per heavy atom. The van der Waals surface area contributed by atoms with Crippen LogP contribution in [0.5, 0.6) is 0 Å². The Morgan fingerprint density at radius 2 is 2.06 bits per heavy atom. The Hall–Kier alpha value is -2.40. The van der Waals surface area contributed by atoms with Crippen molar-refractivity contribution in [1.82, 2.24) is 20.3 Å². The molecule has 2 aromatic rings. The third-order valence-corrected chi connectivity index (χ3v) is 5.81. The maximum Gasteiger partial charge on any atom is 0.255 e. The first-order chi connectivity index (χ1) is 15.6. The molecule has 11 heteroatoms. The number of carbonyl (C=O) groups excluding carboxylic acids is 1. The molecule has 2 aliphatic rings. The maximum absolute atomic E-state index is 14.2. The Morgan fingerprint density at radius 1 is 1.22 bits per heavy atom. The number of rotatable bonds is 6. The summed E-state index contributed by atoms with van der Waals surface area (Å²) in [6, 6.07) is 1.61. The van der Waals surface area contributed by atoms with Crippen molar-refractivity contribution in [3.05, 3.63) is 29.4 Å². The van der Waals surface area contributed by atoms with Crippen LogP contribution in [0.4, 0.5) is 16.0 Å². The topological polar surface area (TPSA) is 110 Å². The van der Waals surface area contributed by atoms with E-state index in [0.29, 0.717) is 74.1 Å². The van der Waals surface area contributed by atoms with Gasteiger partial charge in [0.25, 0.3) is 5.95 Å². The number of hydrogen-bond donors (Lipinski definition) is 3. The summed E-state index contributed by atoms with van der Waals surface area (Å²) in [6.07, 6.45) is 4.57. The fraction of sp³-hybridized carbons (Fsp3) is 0.524. The van der Waals surface area contributed by atoms with Gasteiger partial charge in [0.15, 0.2) is 5.82 Å². The average Bonchev–Trinajstić information content (AvgIpc) is 3.10. The van der Waals surface area contributed by atoms with Gasteiger partial charge in [0.1, 0.15) is 5.82 Å². The molecule has 0 bridgehead atoms. The van der Waals surface area contributed by atoms with E-state index in [1.165, 1.54) is 12.4 Å².